The van der Waals surface area contributed by atoms with Crippen molar-refractivity contribution in [3.05, 3.63) is 30.4 Å². The number of imidazole rings is 1. The van der Waals surface area contributed by atoms with Crippen molar-refractivity contribution in [2.45, 2.75) is 29.6 Å². The van der Waals surface area contributed by atoms with Crippen LogP contribution in [-0.4, -0.2) is 30.8 Å². The minimum Gasteiger partial charge on any atom is -0.306 e. The van der Waals surface area contributed by atoms with Crippen LogP contribution in [0, 0.1) is 0 Å². The van der Waals surface area contributed by atoms with E-state index in [1.54, 1.807) is 10.6 Å². The summed E-state index contributed by atoms with van der Waals surface area (Å²) in [5, 5.41) is 0. The molecule has 108 valence electrons. The van der Waals surface area contributed by atoms with Gasteiger partial charge in [-0.3, -0.25) is 0 Å². The molecule has 2 heterocycles. The summed E-state index contributed by atoms with van der Waals surface area (Å²) in [4.78, 5) is 4.24. The van der Waals surface area contributed by atoms with Gasteiger partial charge in [-0.15, -0.1) is 0 Å². The van der Waals surface area contributed by atoms with Crippen LogP contribution in [-0.2, 0) is 10.0 Å². The Morgan fingerprint density at radius 2 is 2.15 bits per heavy atom. The highest BCUT2D eigenvalue weighted by atomic mass is 32.2. The van der Waals surface area contributed by atoms with Gasteiger partial charge in [-0.05, 0) is 19.2 Å². The third-order valence-corrected chi connectivity index (χ3v) is 5.01. The summed E-state index contributed by atoms with van der Waals surface area (Å²) in [6.45, 7) is 0. The fourth-order valence-electron chi connectivity index (χ4n) is 2.44. The zero-order valence-corrected chi connectivity index (χ0v) is 11.5. The van der Waals surface area contributed by atoms with Crippen molar-refractivity contribution < 1.29 is 17.2 Å². The van der Waals surface area contributed by atoms with Gasteiger partial charge < -0.3 is 4.40 Å². The topological polar surface area (TPSA) is 63.5 Å². The highest BCUT2D eigenvalue weighted by Crippen LogP contribution is 2.48. The second kappa shape index (κ2) is 4.23. The van der Waals surface area contributed by atoms with Crippen molar-refractivity contribution in [1.82, 2.24) is 14.1 Å². The Kier molecular flexibility index (Phi) is 2.84. The molecule has 0 amide bonds. The molecule has 0 unspecified atom stereocenters. The second-order valence-corrected chi connectivity index (χ2v) is 6.84. The van der Waals surface area contributed by atoms with E-state index in [9.17, 15) is 17.2 Å². The average Bonchev–Trinajstić information content (AvgIpc) is 2.78. The lowest BCUT2D eigenvalue weighted by atomic mass is 9.79. The second-order valence-electron chi connectivity index (χ2n) is 4.95. The highest BCUT2D eigenvalue weighted by Gasteiger charge is 2.47. The van der Waals surface area contributed by atoms with Crippen molar-refractivity contribution in [3.63, 3.8) is 0 Å². The Bertz CT molecular complexity index is 762. The molecule has 3 rings (SSSR count). The van der Waals surface area contributed by atoms with Gasteiger partial charge in [0.1, 0.15) is 0 Å². The van der Waals surface area contributed by atoms with Gasteiger partial charge in [0, 0.05) is 25.0 Å². The van der Waals surface area contributed by atoms with Crippen LogP contribution in [0.5, 0.6) is 0 Å². The summed E-state index contributed by atoms with van der Waals surface area (Å²) in [5.74, 6) is -2.95. The van der Waals surface area contributed by atoms with E-state index in [4.69, 9.17) is 0 Å². The maximum Gasteiger partial charge on any atom is 0.249 e. The van der Waals surface area contributed by atoms with Crippen molar-refractivity contribution in [3.8, 4) is 0 Å². The molecule has 20 heavy (non-hydrogen) atoms. The van der Waals surface area contributed by atoms with E-state index in [1.807, 2.05) is 0 Å². The predicted molar refractivity (Wildman–Crippen MR) is 68.4 cm³/mol. The number of hydrogen-bond acceptors (Lipinski definition) is 3. The van der Waals surface area contributed by atoms with Crippen LogP contribution in [0.1, 0.15) is 24.5 Å². The predicted octanol–water partition coefficient (Wildman–Crippen LogP) is 1.76. The minimum atomic E-state index is -3.56. The molecule has 0 aromatic carbocycles. The summed E-state index contributed by atoms with van der Waals surface area (Å²) in [5.41, 5.74) is 1.09. The lowest BCUT2D eigenvalue weighted by Crippen LogP contribution is -2.33. The van der Waals surface area contributed by atoms with Crippen LogP contribution < -0.4 is 4.72 Å². The van der Waals surface area contributed by atoms with Crippen molar-refractivity contribution in [1.29, 1.82) is 0 Å². The molecule has 1 N–H and O–H groups in total. The van der Waals surface area contributed by atoms with Crippen LogP contribution in [0.3, 0.4) is 0 Å². The van der Waals surface area contributed by atoms with E-state index in [1.165, 1.54) is 25.5 Å². The van der Waals surface area contributed by atoms with Crippen molar-refractivity contribution >= 4 is 15.5 Å². The number of alkyl halides is 2. The number of aromatic nitrogens is 2. The Hall–Kier alpha value is -1.54. The van der Waals surface area contributed by atoms with Gasteiger partial charge in [0.25, 0.3) is 0 Å². The maximum atomic E-state index is 13.0. The number of pyridine rings is 1. The first-order valence-electron chi connectivity index (χ1n) is 6.10. The third kappa shape index (κ3) is 2.08. The zero-order valence-electron chi connectivity index (χ0n) is 10.7. The Labute approximate surface area is 114 Å². The molecule has 1 fully saturated rings. The maximum absolute atomic E-state index is 13.0. The molecule has 2 aromatic heterocycles. The average molecular weight is 301 g/mol. The van der Waals surface area contributed by atoms with Gasteiger partial charge in [0.05, 0.1) is 22.4 Å². The molecule has 1 saturated carbocycles. The summed E-state index contributed by atoms with van der Waals surface area (Å²) in [7, 11) is -2.24. The number of rotatable bonds is 3. The third-order valence-electron chi connectivity index (χ3n) is 3.60. The first kappa shape index (κ1) is 13.4. The molecule has 0 radical (unpaired) electrons. The molecule has 0 aliphatic heterocycles. The van der Waals surface area contributed by atoms with E-state index in [-0.39, 0.29) is 23.7 Å². The van der Waals surface area contributed by atoms with Gasteiger partial charge in [0.15, 0.2) is 0 Å². The van der Waals surface area contributed by atoms with E-state index in [2.05, 4.69) is 9.71 Å². The number of sulfonamides is 1. The monoisotopic (exact) mass is 301 g/mol. The van der Waals surface area contributed by atoms with Crippen LogP contribution in [0.4, 0.5) is 8.78 Å². The van der Waals surface area contributed by atoms with Crippen LogP contribution in [0.15, 0.2) is 29.6 Å². The van der Waals surface area contributed by atoms with E-state index in [0.717, 1.165) is 0 Å². The lowest BCUT2D eigenvalue weighted by Gasteiger charge is -2.33. The van der Waals surface area contributed by atoms with Gasteiger partial charge in [-0.1, -0.05) is 0 Å². The molecule has 2 aromatic rings. The van der Waals surface area contributed by atoms with Crippen molar-refractivity contribution in [2.75, 3.05) is 7.05 Å². The number of fused-ring (bicyclic) bond motifs is 1. The molecule has 1 aliphatic carbocycles. The smallest absolute Gasteiger partial charge is 0.249 e. The fraction of sp³-hybridized carbons (Fsp3) is 0.417. The first-order chi connectivity index (χ1) is 9.32. The summed E-state index contributed by atoms with van der Waals surface area (Å²) in [6, 6.07) is 2.91. The van der Waals surface area contributed by atoms with Crippen LogP contribution >= 0.6 is 0 Å². The quantitative estimate of drug-likeness (QED) is 0.939. The van der Waals surface area contributed by atoms with Crippen LogP contribution in [0.25, 0.3) is 5.52 Å². The summed E-state index contributed by atoms with van der Waals surface area (Å²) in [6.07, 6.45) is 2.61. The number of nitrogens with one attached hydrogen (secondary N) is 1. The molecule has 0 saturated heterocycles. The number of nitrogens with zero attached hydrogens (tertiary/aromatic N) is 2. The summed E-state index contributed by atoms with van der Waals surface area (Å²) >= 11 is 0. The normalized spacial score (nSPS) is 19.1. The first-order valence-corrected chi connectivity index (χ1v) is 7.59. The van der Waals surface area contributed by atoms with Crippen LogP contribution in [0.2, 0.25) is 0 Å². The Balaban J connectivity index is 2.05. The van der Waals surface area contributed by atoms with Gasteiger partial charge in [-0.2, -0.15) is 0 Å². The van der Waals surface area contributed by atoms with Gasteiger partial charge in [-0.25, -0.2) is 26.9 Å². The lowest BCUT2D eigenvalue weighted by molar-refractivity contribution is -0.0872. The van der Waals surface area contributed by atoms with Gasteiger partial charge in [0.2, 0.25) is 15.9 Å². The SMILES string of the molecule is CNS(=O)(=O)c1ccn2cnc(C3CC(F)(F)C3)c2c1. The van der Waals surface area contributed by atoms with E-state index < -0.39 is 15.9 Å². The highest BCUT2D eigenvalue weighted by molar-refractivity contribution is 7.89. The van der Waals surface area contributed by atoms with E-state index in [0.29, 0.717) is 11.2 Å². The number of hydrogen-bond donors (Lipinski definition) is 1. The Morgan fingerprint density at radius 1 is 1.45 bits per heavy atom. The van der Waals surface area contributed by atoms with Gasteiger partial charge >= 0.3 is 0 Å². The van der Waals surface area contributed by atoms with E-state index >= 15 is 0 Å². The fourth-order valence-corrected chi connectivity index (χ4v) is 3.19. The minimum absolute atomic E-state index is 0.0975. The molecular formula is C12H13F2N3O2S. The molecule has 0 atom stereocenters. The number of halogens is 2. The molecule has 5 nitrogen and oxygen atoms in total. The molecule has 0 bridgehead atoms. The standard InChI is InChI=1S/C12H13F2N3O2S/c1-15-20(18,19)9-2-3-17-7-16-11(10(17)4-9)8-5-12(13,14)6-8/h2-4,7-8,15H,5-6H2,1H3. The molecule has 8 heteroatoms. The Morgan fingerprint density at radius 3 is 2.75 bits per heavy atom. The summed E-state index contributed by atoms with van der Waals surface area (Å²) < 4.78 is 53.3. The molecule has 1 aliphatic rings. The molecular weight excluding hydrogens is 288 g/mol. The van der Waals surface area contributed by atoms with Crippen molar-refractivity contribution in [2.24, 2.45) is 0 Å². The molecule has 0 spiro atoms. The largest absolute Gasteiger partial charge is 0.306 e. The zero-order chi connectivity index (χ0) is 14.5.